The van der Waals surface area contributed by atoms with Gasteiger partial charge in [-0.05, 0) is 19.3 Å². The van der Waals surface area contributed by atoms with Gasteiger partial charge in [0, 0.05) is 19.3 Å². The minimum absolute atomic E-state index is 0.517. The fraction of sp³-hybridized carbons (Fsp3) is 0.949. The first-order valence-electron chi connectivity index (χ1n) is 19.2. The van der Waals surface area contributed by atoms with Gasteiger partial charge in [-0.15, -0.1) is 0 Å². The van der Waals surface area contributed by atoms with Crippen LogP contribution in [0, 0.1) is 0 Å². The van der Waals surface area contributed by atoms with Gasteiger partial charge in [0.15, 0.2) is 6.29 Å². The highest BCUT2D eigenvalue weighted by atomic mass is 16.1. The zero-order valence-corrected chi connectivity index (χ0v) is 28.3. The first-order valence-corrected chi connectivity index (χ1v) is 19.2. The van der Waals surface area contributed by atoms with Crippen LogP contribution in [0.25, 0.3) is 0 Å². The highest BCUT2D eigenvalue weighted by molar-refractivity contribution is 5.78. The maximum absolute atomic E-state index is 12.2. The standard InChI is InChI=1S/C39H75O2/c1-2-3-4-5-6-7-8-9-10-15-18-21-24-27-30-33-36-39(41)37-34-31-28-25-22-19-16-13-11-12-14-17-20-23-26-29-32-35-38-40/h2-37H2,1H3. The molecule has 0 heterocycles. The Bertz CT molecular complexity index is 500. The van der Waals surface area contributed by atoms with Gasteiger partial charge in [0.2, 0.25) is 0 Å². The molecule has 0 spiro atoms. The highest BCUT2D eigenvalue weighted by Crippen LogP contribution is 2.16. The zero-order chi connectivity index (χ0) is 29.7. The van der Waals surface area contributed by atoms with Gasteiger partial charge in [-0.2, -0.15) is 0 Å². The number of Topliss-reactive ketones (excluding diaryl/α,β-unsaturated/α-hetero) is 1. The Balaban J connectivity index is 3.14. The number of carbonyl (C=O) groups is 1. The first kappa shape index (κ1) is 40.3. The van der Waals surface area contributed by atoms with E-state index in [1.807, 2.05) is 6.29 Å². The van der Waals surface area contributed by atoms with E-state index in [9.17, 15) is 9.59 Å². The normalized spacial score (nSPS) is 11.3. The molecule has 1 radical (unpaired) electrons. The summed E-state index contributed by atoms with van der Waals surface area (Å²) in [6.45, 7) is 2.29. The second-order valence-corrected chi connectivity index (χ2v) is 13.2. The fourth-order valence-corrected chi connectivity index (χ4v) is 6.17. The van der Waals surface area contributed by atoms with Crippen molar-refractivity contribution in [1.82, 2.24) is 0 Å². The molecule has 0 aliphatic carbocycles. The number of rotatable bonds is 37. The van der Waals surface area contributed by atoms with Crippen LogP contribution < -0.4 is 0 Å². The molecule has 0 aliphatic rings. The Morgan fingerprint density at radius 2 is 0.561 bits per heavy atom. The Morgan fingerprint density at radius 1 is 0.341 bits per heavy atom. The van der Waals surface area contributed by atoms with Crippen LogP contribution in [0.5, 0.6) is 0 Å². The minimum atomic E-state index is 0.517. The average Bonchev–Trinajstić information content (AvgIpc) is 2.98. The van der Waals surface area contributed by atoms with Gasteiger partial charge in [0.25, 0.3) is 0 Å². The van der Waals surface area contributed by atoms with Crippen molar-refractivity contribution in [3.8, 4) is 0 Å². The van der Waals surface area contributed by atoms with Crippen molar-refractivity contribution in [2.75, 3.05) is 0 Å². The highest BCUT2D eigenvalue weighted by Gasteiger charge is 2.02. The first-order chi connectivity index (χ1) is 20.3. The summed E-state index contributed by atoms with van der Waals surface area (Å²) in [6, 6.07) is 0. The van der Waals surface area contributed by atoms with Gasteiger partial charge < -0.3 is 0 Å². The summed E-state index contributed by atoms with van der Waals surface area (Å²) in [5.74, 6) is 0.517. The number of carbonyl (C=O) groups excluding carboxylic acids is 2. The molecule has 0 aromatic carbocycles. The van der Waals surface area contributed by atoms with Crippen LogP contribution in [-0.2, 0) is 9.59 Å². The monoisotopic (exact) mass is 576 g/mol. The molecule has 0 bridgehead atoms. The number of hydrogen-bond acceptors (Lipinski definition) is 2. The molecular weight excluding hydrogens is 500 g/mol. The molecule has 2 heteroatoms. The van der Waals surface area contributed by atoms with Crippen molar-refractivity contribution >= 4 is 12.1 Å². The van der Waals surface area contributed by atoms with Crippen LogP contribution in [0.2, 0.25) is 0 Å². The molecule has 0 N–H and O–H groups in total. The molecule has 2 nitrogen and oxygen atoms in total. The van der Waals surface area contributed by atoms with Crippen LogP contribution in [0.1, 0.15) is 238 Å². The summed E-state index contributed by atoms with van der Waals surface area (Å²) >= 11 is 0. The SMILES string of the molecule is CCCCCCCCCCCCCCCCCCC(=O)CCCCCCCCCCCCCCCCCCC[C]=O. The molecule has 0 rings (SSSR count). The van der Waals surface area contributed by atoms with E-state index in [2.05, 4.69) is 6.92 Å². The maximum Gasteiger partial charge on any atom is 0.198 e. The van der Waals surface area contributed by atoms with Crippen LogP contribution in [-0.4, -0.2) is 12.1 Å². The van der Waals surface area contributed by atoms with Crippen LogP contribution in [0.15, 0.2) is 0 Å². The third kappa shape index (κ3) is 37.3. The van der Waals surface area contributed by atoms with E-state index in [1.54, 1.807) is 0 Å². The number of unbranched alkanes of at least 4 members (excludes halogenated alkanes) is 32. The summed E-state index contributed by atoms with van der Waals surface area (Å²) in [5, 5.41) is 0. The van der Waals surface area contributed by atoms with E-state index >= 15 is 0 Å². The smallest absolute Gasteiger partial charge is 0.198 e. The van der Waals surface area contributed by atoms with Gasteiger partial charge in [0.1, 0.15) is 5.78 Å². The second-order valence-electron chi connectivity index (χ2n) is 13.2. The van der Waals surface area contributed by atoms with E-state index in [0.717, 1.165) is 32.1 Å². The van der Waals surface area contributed by atoms with Crippen LogP contribution in [0.4, 0.5) is 0 Å². The predicted octanol–water partition coefficient (Wildman–Crippen LogP) is 13.7. The summed E-state index contributed by atoms with van der Waals surface area (Å²) in [7, 11) is 0. The third-order valence-electron chi connectivity index (χ3n) is 9.04. The van der Waals surface area contributed by atoms with E-state index < -0.39 is 0 Å². The van der Waals surface area contributed by atoms with Crippen molar-refractivity contribution in [3.05, 3.63) is 0 Å². The Kier molecular flexibility index (Phi) is 36.8. The molecular formula is C39H75O2. The molecule has 0 amide bonds. The summed E-state index contributed by atoms with van der Waals surface area (Å²) in [6.07, 6.45) is 49.0. The molecule has 0 aromatic heterocycles. The van der Waals surface area contributed by atoms with Gasteiger partial charge in [-0.3, -0.25) is 9.59 Å². The second kappa shape index (κ2) is 37.4. The fourth-order valence-electron chi connectivity index (χ4n) is 6.17. The van der Waals surface area contributed by atoms with E-state index in [0.29, 0.717) is 12.2 Å². The van der Waals surface area contributed by atoms with Crippen LogP contribution in [0.3, 0.4) is 0 Å². The van der Waals surface area contributed by atoms with Crippen molar-refractivity contribution < 1.29 is 9.59 Å². The Hall–Kier alpha value is -0.660. The average molecular weight is 576 g/mol. The van der Waals surface area contributed by atoms with Crippen molar-refractivity contribution in [2.45, 2.75) is 238 Å². The number of ketones is 1. The maximum atomic E-state index is 12.2. The van der Waals surface area contributed by atoms with E-state index in [4.69, 9.17) is 0 Å². The molecule has 0 saturated heterocycles. The molecule has 243 valence electrons. The quantitative estimate of drug-likeness (QED) is 0.0690. The third-order valence-corrected chi connectivity index (χ3v) is 9.04. The molecule has 0 unspecified atom stereocenters. The lowest BCUT2D eigenvalue weighted by Crippen LogP contribution is -1.97. The molecule has 0 fully saturated rings. The summed E-state index contributed by atoms with van der Waals surface area (Å²) in [5.41, 5.74) is 0. The molecule has 0 saturated carbocycles. The van der Waals surface area contributed by atoms with Gasteiger partial charge in [0.05, 0.1) is 0 Å². The Labute approximate surface area is 259 Å². The van der Waals surface area contributed by atoms with Gasteiger partial charge >= 0.3 is 0 Å². The summed E-state index contributed by atoms with van der Waals surface area (Å²) < 4.78 is 0. The molecule has 0 aliphatic heterocycles. The number of hydrogen-bond donors (Lipinski definition) is 0. The van der Waals surface area contributed by atoms with Crippen molar-refractivity contribution in [3.63, 3.8) is 0 Å². The topological polar surface area (TPSA) is 34.1 Å². The van der Waals surface area contributed by atoms with E-state index in [-0.39, 0.29) is 0 Å². The van der Waals surface area contributed by atoms with Gasteiger partial charge in [-0.1, -0.05) is 200 Å². The van der Waals surface area contributed by atoms with Crippen molar-refractivity contribution in [2.24, 2.45) is 0 Å². The molecule has 41 heavy (non-hydrogen) atoms. The van der Waals surface area contributed by atoms with E-state index in [1.165, 1.54) is 193 Å². The Morgan fingerprint density at radius 3 is 0.805 bits per heavy atom. The zero-order valence-electron chi connectivity index (χ0n) is 28.3. The van der Waals surface area contributed by atoms with Gasteiger partial charge in [-0.25, -0.2) is 0 Å². The lowest BCUT2D eigenvalue weighted by atomic mass is 10.0. The summed E-state index contributed by atoms with van der Waals surface area (Å²) in [4.78, 5) is 22.3. The largest absolute Gasteiger partial charge is 0.300 e. The lowest BCUT2D eigenvalue weighted by Gasteiger charge is -2.04. The van der Waals surface area contributed by atoms with Crippen molar-refractivity contribution in [1.29, 1.82) is 0 Å². The van der Waals surface area contributed by atoms with Crippen LogP contribution >= 0.6 is 0 Å². The molecule has 0 aromatic rings. The predicted molar refractivity (Wildman–Crippen MR) is 183 cm³/mol. The lowest BCUT2D eigenvalue weighted by molar-refractivity contribution is -0.119. The molecule has 0 atom stereocenters. The minimum Gasteiger partial charge on any atom is -0.300 e.